The van der Waals surface area contributed by atoms with Crippen LogP contribution in [0.3, 0.4) is 0 Å². The second-order valence-corrected chi connectivity index (χ2v) is 11.7. The van der Waals surface area contributed by atoms with E-state index in [1.807, 2.05) is 4.90 Å². The third-order valence-electron chi connectivity index (χ3n) is 5.85. The second kappa shape index (κ2) is 9.56. The molecule has 0 saturated carbocycles. The van der Waals surface area contributed by atoms with E-state index in [9.17, 15) is 22.4 Å². The number of benzene rings is 1. The molecule has 2 fully saturated rings. The second-order valence-electron chi connectivity index (χ2n) is 7.81. The molecule has 1 atom stereocenters. The van der Waals surface area contributed by atoms with E-state index in [0.29, 0.717) is 36.8 Å². The number of thiophene rings is 1. The smallest absolute Gasteiger partial charge is 0.260 e. The Bertz CT molecular complexity index is 1100. The van der Waals surface area contributed by atoms with Gasteiger partial charge in [-0.3, -0.25) is 19.4 Å². The Morgan fingerprint density at radius 1 is 1.00 bits per heavy atom. The maximum Gasteiger partial charge on any atom is 0.260 e. The summed E-state index contributed by atoms with van der Waals surface area (Å²) < 4.78 is 40.9. The highest BCUT2D eigenvalue weighted by Gasteiger charge is 2.38. The minimum absolute atomic E-state index is 0.206. The number of hydrogen-bond acceptors (Lipinski definition) is 6. The molecule has 1 aromatic carbocycles. The number of carbonyl (C=O) groups is 2. The van der Waals surface area contributed by atoms with Crippen LogP contribution in [0.1, 0.15) is 29.6 Å². The molecule has 172 valence electrons. The van der Waals surface area contributed by atoms with Crippen LogP contribution < -0.4 is 0 Å². The zero-order chi connectivity index (χ0) is 22.9. The van der Waals surface area contributed by atoms with Crippen LogP contribution in [-0.2, 0) is 14.8 Å². The van der Waals surface area contributed by atoms with Gasteiger partial charge in [-0.2, -0.15) is 4.31 Å². The maximum absolute atomic E-state index is 13.3. The molecule has 2 saturated heterocycles. The fourth-order valence-corrected chi connectivity index (χ4v) is 7.19. The summed E-state index contributed by atoms with van der Waals surface area (Å²) >= 11 is 6.91. The first kappa shape index (κ1) is 23.3. The number of piperazine rings is 1. The number of likely N-dealkylation sites (tertiary alicyclic amines) is 1. The molecule has 2 aliphatic heterocycles. The summed E-state index contributed by atoms with van der Waals surface area (Å²) in [6.07, 6.45) is 2.10. The summed E-state index contributed by atoms with van der Waals surface area (Å²) in [6.45, 7) is 1.63. The van der Waals surface area contributed by atoms with Gasteiger partial charge in [-0.1, -0.05) is 11.6 Å². The molecule has 7 nitrogen and oxygen atoms in total. The van der Waals surface area contributed by atoms with Crippen LogP contribution in [-0.4, -0.2) is 73.1 Å². The normalized spacial score (nSPS) is 21.5. The predicted octanol–water partition coefficient (Wildman–Crippen LogP) is 3.07. The van der Waals surface area contributed by atoms with Gasteiger partial charge >= 0.3 is 0 Å². The van der Waals surface area contributed by atoms with Crippen molar-refractivity contribution >= 4 is 44.8 Å². The van der Waals surface area contributed by atoms with E-state index in [-0.39, 0.29) is 28.8 Å². The molecule has 2 aromatic rings. The topological polar surface area (TPSA) is 78.0 Å². The standard InChI is InChI=1S/C21H23ClFN3O4S2/c22-18-8-9-19(31-18)32(29,30)25-13-11-24(12-14-25)17-3-1-2-10-26(21(17)28)20(27)15-4-6-16(23)7-5-15/h4-9,17H,1-3,10-14H2. The summed E-state index contributed by atoms with van der Waals surface area (Å²) in [5, 5.41) is 0. The molecule has 0 spiro atoms. The summed E-state index contributed by atoms with van der Waals surface area (Å²) in [5.41, 5.74) is 0.269. The molecule has 1 unspecified atom stereocenters. The number of sulfonamides is 1. The summed E-state index contributed by atoms with van der Waals surface area (Å²) in [4.78, 5) is 29.4. The first-order valence-corrected chi connectivity index (χ1v) is 13.0. The SMILES string of the molecule is O=C(c1ccc(F)cc1)N1CCCCC(N2CCN(S(=O)(=O)c3ccc(Cl)s3)CC2)C1=O. The molecule has 2 amide bonds. The van der Waals surface area contributed by atoms with Crippen LogP contribution in [0.15, 0.2) is 40.6 Å². The van der Waals surface area contributed by atoms with Crippen molar-refractivity contribution in [3.05, 3.63) is 52.1 Å². The van der Waals surface area contributed by atoms with E-state index in [4.69, 9.17) is 11.6 Å². The molecular formula is C21H23ClFN3O4S2. The Kier molecular flexibility index (Phi) is 6.97. The van der Waals surface area contributed by atoms with Gasteiger partial charge in [0, 0.05) is 38.3 Å². The van der Waals surface area contributed by atoms with Crippen LogP contribution in [0.5, 0.6) is 0 Å². The van der Waals surface area contributed by atoms with Crippen molar-refractivity contribution < 1.29 is 22.4 Å². The van der Waals surface area contributed by atoms with Gasteiger partial charge in [0.25, 0.3) is 15.9 Å². The fourth-order valence-electron chi connectivity index (χ4n) is 4.13. The van der Waals surface area contributed by atoms with E-state index < -0.39 is 27.8 Å². The lowest BCUT2D eigenvalue weighted by atomic mass is 10.1. The number of nitrogens with zero attached hydrogens (tertiary/aromatic N) is 3. The van der Waals surface area contributed by atoms with Gasteiger partial charge in [0.05, 0.1) is 10.4 Å². The zero-order valence-electron chi connectivity index (χ0n) is 17.2. The fraction of sp³-hybridized carbons (Fsp3) is 0.429. The van der Waals surface area contributed by atoms with E-state index in [1.54, 1.807) is 6.07 Å². The molecule has 0 bridgehead atoms. The maximum atomic E-state index is 13.3. The van der Waals surface area contributed by atoms with Gasteiger partial charge in [0.2, 0.25) is 5.91 Å². The molecule has 0 N–H and O–H groups in total. The Hall–Kier alpha value is -1.85. The van der Waals surface area contributed by atoms with E-state index >= 15 is 0 Å². The lowest BCUT2D eigenvalue weighted by Crippen LogP contribution is -2.56. The highest BCUT2D eigenvalue weighted by atomic mass is 35.5. The molecule has 11 heteroatoms. The van der Waals surface area contributed by atoms with Crippen molar-refractivity contribution in [1.29, 1.82) is 0 Å². The van der Waals surface area contributed by atoms with E-state index in [2.05, 4.69) is 0 Å². The minimum atomic E-state index is -3.62. The van der Waals surface area contributed by atoms with Crippen LogP contribution >= 0.6 is 22.9 Å². The first-order valence-electron chi connectivity index (χ1n) is 10.4. The van der Waals surface area contributed by atoms with Crippen molar-refractivity contribution in [2.24, 2.45) is 0 Å². The van der Waals surface area contributed by atoms with Gasteiger partial charge in [-0.05, 0) is 55.7 Å². The highest BCUT2D eigenvalue weighted by molar-refractivity contribution is 7.91. The van der Waals surface area contributed by atoms with Crippen molar-refractivity contribution in [1.82, 2.24) is 14.1 Å². The Morgan fingerprint density at radius 2 is 1.69 bits per heavy atom. The molecule has 1 aromatic heterocycles. The van der Waals surface area contributed by atoms with E-state index in [1.165, 1.54) is 39.5 Å². The van der Waals surface area contributed by atoms with Crippen molar-refractivity contribution in [2.45, 2.75) is 29.5 Å². The van der Waals surface area contributed by atoms with Crippen molar-refractivity contribution in [3.8, 4) is 0 Å². The molecule has 0 aliphatic carbocycles. The Morgan fingerprint density at radius 3 is 2.31 bits per heavy atom. The van der Waals surface area contributed by atoms with Crippen LogP contribution in [0, 0.1) is 5.82 Å². The Labute approximate surface area is 195 Å². The monoisotopic (exact) mass is 499 g/mol. The molecule has 2 aliphatic rings. The summed E-state index contributed by atoms with van der Waals surface area (Å²) in [6, 6.07) is 7.75. The molecule has 0 radical (unpaired) electrons. The lowest BCUT2D eigenvalue weighted by Gasteiger charge is -2.38. The van der Waals surface area contributed by atoms with E-state index in [0.717, 1.165) is 17.8 Å². The number of rotatable bonds is 4. The Balaban J connectivity index is 1.45. The largest absolute Gasteiger partial charge is 0.289 e. The van der Waals surface area contributed by atoms with Gasteiger partial charge in [0.1, 0.15) is 10.0 Å². The average Bonchev–Trinajstić information content (AvgIpc) is 3.14. The number of hydrogen-bond donors (Lipinski definition) is 0. The van der Waals surface area contributed by atoms with Crippen LogP contribution in [0.2, 0.25) is 4.34 Å². The highest BCUT2D eigenvalue weighted by Crippen LogP contribution is 2.29. The number of halogens is 2. The molecule has 4 rings (SSSR count). The zero-order valence-corrected chi connectivity index (χ0v) is 19.6. The molecule has 3 heterocycles. The predicted molar refractivity (Wildman–Crippen MR) is 120 cm³/mol. The third-order valence-corrected chi connectivity index (χ3v) is 9.45. The number of carbonyl (C=O) groups excluding carboxylic acids is 2. The summed E-state index contributed by atoms with van der Waals surface area (Å²) in [7, 11) is -3.62. The first-order chi connectivity index (χ1) is 15.3. The van der Waals surface area contributed by atoms with Crippen LogP contribution in [0.4, 0.5) is 4.39 Å². The average molecular weight is 500 g/mol. The number of imide groups is 1. The minimum Gasteiger partial charge on any atom is -0.289 e. The quantitative estimate of drug-likeness (QED) is 0.604. The number of amides is 2. The van der Waals surface area contributed by atoms with Gasteiger partial charge < -0.3 is 0 Å². The molecular weight excluding hydrogens is 477 g/mol. The summed E-state index contributed by atoms with van der Waals surface area (Å²) in [5.74, 6) is -1.16. The third kappa shape index (κ3) is 4.74. The van der Waals surface area contributed by atoms with Gasteiger partial charge in [0.15, 0.2) is 0 Å². The van der Waals surface area contributed by atoms with Gasteiger partial charge in [-0.25, -0.2) is 12.8 Å². The lowest BCUT2D eigenvalue weighted by molar-refractivity contribution is -0.134. The van der Waals surface area contributed by atoms with Gasteiger partial charge in [-0.15, -0.1) is 11.3 Å². The molecule has 32 heavy (non-hydrogen) atoms. The van der Waals surface area contributed by atoms with Crippen molar-refractivity contribution in [3.63, 3.8) is 0 Å². The van der Waals surface area contributed by atoms with Crippen molar-refractivity contribution in [2.75, 3.05) is 32.7 Å². The van der Waals surface area contributed by atoms with Crippen LogP contribution in [0.25, 0.3) is 0 Å².